The first-order valence-electron chi connectivity index (χ1n) is 10.9. The van der Waals surface area contributed by atoms with Crippen molar-refractivity contribution in [3.63, 3.8) is 0 Å². The summed E-state index contributed by atoms with van der Waals surface area (Å²) in [6.07, 6.45) is 0. The van der Waals surface area contributed by atoms with E-state index in [1.165, 1.54) is 13.2 Å². The Morgan fingerprint density at radius 2 is 1.58 bits per heavy atom. The Morgan fingerprint density at radius 1 is 0.939 bits per heavy atom. The van der Waals surface area contributed by atoms with Crippen LogP contribution in [-0.4, -0.2) is 31.6 Å². The highest BCUT2D eigenvalue weighted by Crippen LogP contribution is 2.30. The number of hydrogen-bond acceptors (Lipinski definition) is 4. The van der Waals surface area contributed by atoms with E-state index in [1.807, 2.05) is 19.9 Å². The van der Waals surface area contributed by atoms with Crippen molar-refractivity contribution in [3.8, 4) is 11.5 Å². The fourth-order valence-corrected chi connectivity index (χ4v) is 3.18. The molecule has 0 aliphatic heterocycles. The lowest BCUT2D eigenvalue weighted by atomic mass is 10.0. The van der Waals surface area contributed by atoms with Crippen molar-refractivity contribution < 1.29 is 27.8 Å². The molecule has 2 amide bonds. The minimum Gasteiger partial charge on any atom is -0.493 e. The number of hydrogen-bond donors (Lipinski definition) is 2. The third-order valence-electron chi connectivity index (χ3n) is 5.04. The number of amides is 2. The lowest BCUT2D eigenvalue weighted by Crippen LogP contribution is -2.50. The van der Waals surface area contributed by atoms with Gasteiger partial charge in [0.05, 0.1) is 19.8 Å². The molecule has 0 bridgehead atoms. The average Bonchev–Trinajstić information content (AvgIpc) is 2.75. The summed E-state index contributed by atoms with van der Waals surface area (Å²) in [5, 5.41) is 5.30. The SMILES string of the molecule is COc1cc(C(C)NC(=O)C(NC(=O)c2c(F)cccc2F)C(C)C)ccc1OCC(C)C. The highest BCUT2D eigenvalue weighted by molar-refractivity contribution is 5.98. The van der Waals surface area contributed by atoms with Crippen LogP contribution in [0.2, 0.25) is 0 Å². The Labute approximate surface area is 193 Å². The Bertz CT molecular complexity index is 959. The van der Waals surface area contributed by atoms with Gasteiger partial charge in [0, 0.05) is 0 Å². The van der Waals surface area contributed by atoms with Crippen LogP contribution in [0, 0.1) is 23.5 Å². The molecule has 2 aromatic carbocycles. The summed E-state index contributed by atoms with van der Waals surface area (Å²) in [5.74, 6) is -2.26. The van der Waals surface area contributed by atoms with Crippen molar-refractivity contribution in [3.05, 3.63) is 59.2 Å². The second kappa shape index (κ2) is 11.6. The van der Waals surface area contributed by atoms with E-state index in [-0.39, 0.29) is 5.92 Å². The van der Waals surface area contributed by atoms with Gasteiger partial charge in [0.1, 0.15) is 23.2 Å². The Kier molecular flexibility index (Phi) is 9.20. The van der Waals surface area contributed by atoms with Crippen LogP contribution in [0.5, 0.6) is 11.5 Å². The monoisotopic (exact) mass is 462 g/mol. The molecule has 2 aromatic rings. The molecule has 2 N–H and O–H groups in total. The summed E-state index contributed by atoms with van der Waals surface area (Å²) in [4.78, 5) is 25.4. The van der Waals surface area contributed by atoms with Crippen molar-refractivity contribution in [1.82, 2.24) is 10.6 Å². The van der Waals surface area contributed by atoms with Gasteiger partial charge in [-0.05, 0) is 48.6 Å². The predicted octanol–water partition coefficient (Wildman–Crippen LogP) is 4.64. The molecule has 0 saturated heterocycles. The molecule has 33 heavy (non-hydrogen) atoms. The smallest absolute Gasteiger partial charge is 0.257 e. The van der Waals surface area contributed by atoms with Gasteiger partial charge in [0.2, 0.25) is 5.91 Å². The average molecular weight is 463 g/mol. The molecule has 0 spiro atoms. The molecule has 0 radical (unpaired) electrons. The highest BCUT2D eigenvalue weighted by atomic mass is 19.1. The molecule has 2 rings (SSSR count). The topological polar surface area (TPSA) is 76.7 Å². The fourth-order valence-electron chi connectivity index (χ4n) is 3.18. The predicted molar refractivity (Wildman–Crippen MR) is 122 cm³/mol. The normalized spacial score (nSPS) is 12.9. The van der Waals surface area contributed by atoms with Gasteiger partial charge in [-0.15, -0.1) is 0 Å². The summed E-state index contributed by atoms with van der Waals surface area (Å²) in [6.45, 7) is 9.89. The van der Waals surface area contributed by atoms with E-state index in [0.717, 1.165) is 17.7 Å². The van der Waals surface area contributed by atoms with Crippen molar-refractivity contribution in [2.45, 2.75) is 46.7 Å². The molecule has 2 unspecified atom stereocenters. The van der Waals surface area contributed by atoms with Crippen LogP contribution >= 0.6 is 0 Å². The molecule has 2 atom stereocenters. The number of benzene rings is 2. The van der Waals surface area contributed by atoms with Gasteiger partial charge in [-0.25, -0.2) is 8.78 Å². The molecule has 0 heterocycles. The van der Waals surface area contributed by atoms with Gasteiger partial charge in [-0.2, -0.15) is 0 Å². The molecular formula is C25H32F2N2O4. The maximum absolute atomic E-state index is 14.0. The molecule has 180 valence electrons. The van der Waals surface area contributed by atoms with Crippen molar-refractivity contribution in [2.75, 3.05) is 13.7 Å². The number of halogens is 2. The Balaban J connectivity index is 2.14. The van der Waals surface area contributed by atoms with Crippen LogP contribution in [0.25, 0.3) is 0 Å². The minimum atomic E-state index is -0.991. The molecule has 0 aromatic heterocycles. The second-order valence-corrected chi connectivity index (χ2v) is 8.64. The Morgan fingerprint density at radius 3 is 2.12 bits per heavy atom. The standard InChI is InChI=1S/C25H32F2N2O4/c1-14(2)13-33-20-11-10-17(12-21(20)32-6)16(5)28-25(31)23(15(3)4)29-24(30)22-18(26)8-7-9-19(22)27/h7-12,14-16,23H,13H2,1-6H3,(H,28,31)(H,29,30). The van der Waals surface area contributed by atoms with Gasteiger partial charge in [-0.1, -0.05) is 39.8 Å². The second-order valence-electron chi connectivity index (χ2n) is 8.64. The van der Waals surface area contributed by atoms with E-state index in [1.54, 1.807) is 32.9 Å². The molecule has 8 heteroatoms. The van der Waals surface area contributed by atoms with Crippen molar-refractivity contribution >= 4 is 11.8 Å². The largest absolute Gasteiger partial charge is 0.493 e. The first-order chi connectivity index (χ1) is 15.5. The van der Waals surface area contributed by atoms with Crippen LogP contribution in [0.15, 0.2) is 36.4 Å². The number of rotatable bonds is 10. The van der Waals surface area contributed by atoms with Crippen LogP contribution in [0.3, 0.4) is 0 Å². The molecule has 0 aliphatic rings. The van der Waals surface area contributed by atoms with Crippen LogP contribution in [-0.2, 0) is 4.79 Å². The van der Waals surface area contributed by atoms with E-state index in [0.29, 0.717) is 24.0 Å². The van der Waals surface area contributed by atoms with Gasteiger partial charge >= 0.3 is 0 Å². The number of methoxy groups -OCH3 is 1. The summed E-state index contributed by atoms with van der Waals surface area (Å²) in [7, 11) is 1.54. The zero-order valence-corrected chi connectivity index (χ0v) is 19.9. The molecular weight excluding hydrogens is 430 g/mol. The summed E-state index contributed by atoms with van der Waals surface area (Å²) in [5.41, 5.74) is 0.0526. The van der Waals surface area contributed by atoms with E-state index in [4.69, 9.17) is 9.47 Å². The minimum absolute atomic E-state index is 0.322. The maximum atomic E-state index is 14.0. The van der Waals surface area contributed by atoms with E-state index < -0.39 is 41.1 Å². The molecule has 0 saturated carbocycles. The number of nitrogens with one attached hydrogen (secondary N) is 2. The summed E-state index contributed by atoms with van der Waals surface area (Å²) < 4.78 is 39.1. The molecule has 6 nitrogen and oxygen atoms in total. The Hall–Kier alpha value is -3.16. The summed E-state index contributed by atoms with van der Waals surface area (Å²) >= 11 is 0. The number of ether oxygens (including phenoxy) is 2. The van der Waals surface area contributed by atoms with Gasteiger partial charge in [0.25, 0.3) is 5.91 Å². The highest BCUT2D eigenvalue weighted by Gasteiger charge is 2.28. The van der Waals surface area contributed by atoms with E-state index in [2.05, 4.69) is 10.6 Å². The lowest BCUT2D eigenvalue weighted by Gasteiger charge is -2.25. The third kappa shape index (κ3) is 6.91. The molecule has 0 fully saturated rings. The first-order valence-corrected chi connectivity index (χ1v) is 10.9. The number of carbonyl (C=O) groups is 2. The van der Waals surface area contributed by atoms with E-state index in [9.17, 15) is 18.4 Å². The zero-order chi connectivity index (χ0) is 24.7. The van der Waals surface area contributed by atoms with Gasteiger partial charge < -0.3 is 20.1 Å². The zero-order valence-electron chi connectivity index (χ0n) is 19.9. The van der Waals surface area contributed by atoms with Crippen molar-refractivity contribution in [1.29, 1.82) is 0 Å². The third-order valence-corrected chi connectivity index (χ3v) is 5.04. The molecule has 0 aliphatic carbocycles. The van der Waals surface area contributed by atoms with Gasteiger partial charge in [0.15, 0.2) is 11.5 Å². The lowest BCUT2D eigenvalue weighted by molar-refractivity contribution is -0.124. The van der Waals surface area contributed by atoms with Crippen LogP contribution in [0.4, 0.5) is 8.78 Å². The summed E-state index contributed by atoms with van der Waals surface area (Å²) in [6, 6.07) is 7.12. The van der Waals surface area contributed by atoms with Crippen LogP contribution in [0.1, 0.15) is 56.6 Å². The first kappa shape index (κ1) is 26.1. The fraction of sp³-hybridized carbons (Fsp3) is 0.440. The van der Waals surface area contributed by atoms with Crippen LogP contribution < -0.4 is 20.1 Å². The quantitative estimate of drug-likeness (QED) is 0.539. The number of carbonyl (C=O) groups excluding carboxylic acids is 2. The van der Waals surface area contributed by atoms with Gasteiger partial charge in [-0.3, -0.25) is 9.59 Å². The maximum Gasteiger partial charge on any atom is 0.257 e. The van der Waals surface area contributed by atoms with Crippen molar-refractivity contribution in [2.24, 2.45) is 11.8 Å². The van der Waals surface area contributed by atoms with E-state index >= 15 is 0 Å².